The fourth-order valence-electron chi connectivity index (χ4n) is 2.93. The third kappa shape index (κ3) is 1.53. The number of H-pyrrole nitrogens is 1. The molecule has 1 saturated heterocycles. The molecule has 0 unspecified atom stereocenters. The maximum atomic E-state index is 11.1. The topological polar surface area (TPSA) is 62.3 Å². The highest BCUT2D eigenvalue weighted by molar-refractivity contribution is 5.87. The van der Waals surface area contributed by atoms with E-state index < -0.39 is 5.97 Å². The smallest absolute Gasteiger partial charge is 0.304 e. The molecule has 1 aromatic heterocycles. The Morgan fingerprint density at radius 3 is 2.78 bits per heavy atom. The third-order valence-corrected chi connectivity index (χ3v) is 3.67. The zero-order valence-electron chi connectivity index (χ0n) is 10.2. The molecule has 1 aromatic carbocycles. The van der Waals surface area contributed by atoms with Gasteiger partial charge in [-0.15, -0.1) is 0 Å². The van der Waals surface area contributed by atoms with Gasteiger partial charge in [-0.05, 0) is 18.6 Å². The number of carbonyl (C=O) groups is 1. The normalized spacial score (nSPS) is 17.6. The van der Waals surface area contributed by atoms with Gasteiger partial charge in [0.15, 0.2) is 0 Å². The first-order valence-corrected chi connectivity index (χ1v) is 6.00. The molecule has 2 N–H and O–H groups in total. The molecular weight excluding hydrogens is 230 g/mol. The lowest BCUT2D eigenvalue weighted by Crippen LogP contribution is -2.48. The van der Waals surface area contributed by atoms with Crippen molar-refractivity contribution in [3.8, 4) is 0 Å². The number of carboxylic acids is 1. The first kappa shape index (κ1) is 11.3. The molecule has 0 aliphatic carbocycles. The summed E-state index contributed by atoms with van der Waals surface area (Å²) in [5.74, 6) is -0.775. The van der Waals surface area contributed by atoms with Crippen molar-refractivity contribution in [2.75, 3.05) is 13.2 Å². The molecule has 0 bridgehead atoms. The number of aryl methyl sites for hydroxylation is 1. The van der Waals surface area contributed by atoms with Gasteiger partial charge in [0.25, 0.3) is 0 Å². The number of para-hydroxylation sites is 1. The second-order valence-corrected chi connectivity index (χ2v) is 5.01. The minimum Gasteiger partial charge on any atom is -0.481 e. The van der Waals surface area contributed by atoms with Crippen molar-refractivity contribution in [3.05, 3.63) is 35.5 Å². The van der Waals surface area contributed by atoms with Crippen LogP contribution in [0.15, 0.2) is 24.3 Å². The molecule has 3 rings (SSSR count). The molecule has 1 fully saturated rings. The lowest BCUT2D eigenvalue weighted by molar-refractivity contribution is -0.145. The third-order valence-electron chi connectivity index (χ3n) is 3.67. The molecule has 1 aliphatic rings. The molecule has 0 amide bonds. The Morgan fingerprint density at radius 2 is 2.17 bits per heavy atom. The number of aliphatic carboxylic acids is 1. The SMILES string of the molecule is Cc1[nH]c2ccccc2c1C1(CC(=O)O)COC1. The Bertz CT molecular complexity index is 611. The van der Waals surface area contributed by atoms with Crippen molar-refractivity contribution in [3.63, 3.8) is 0 Å². The quantitative estimate of drug-likeness (QED) is 0.871. The lowest BCUT2D eigenvalue weighted by atomic mass is 9.74. The molecule has 94 valence electrons. The van der Waals surface area contributed by atoms with Crippen LogP contribution in [0.4, 0.5) is 0 Å². The zero-order chi connectivity index (χ0) is 12.8. The van der Waals surface area contributed by atoms with Crippen molar-refractivity contribution in [1.82, 2.24) is 4.98 Å². The number of hydrogen-bond acceptors (Lipinski definition) is 2. The summed E-state index contributed by atoms with van der Waals surface area (Å²) in [4.78, 5) is 14.4. The van der Waals surface area contributed by atoms with Crippen LogP contribution < -0.4 is 0 Å². The molecule has 18 heavy (non-hydrogen) atoms. The van der Waals surface area contributed by atoms with E-state index in [9.17, 15) is 4.79 Å². The molecule has 0 saturated carbocycles. The Balaban J connectivity index is 2.18. The molecule has 0 radical (unpaired) electrons. The van der Waals surface area contributed by atoms with Crippen molar-refractivity contribution in [1.29, 1.82) is 0 Å². The highest BCUT2D eigenvalue weighted by Crippen LogP contribution is 2.41. The van der Waals surface area contributed by atoms with Gasteiger partial charge < -0.3 is 14.8 Å². The van der Waals surface area contributed by atoms with Crippen molar-refractivity contribution in [2.45, 2.75) is 18.8 Å². The average molecular weight is 245 g/mol. The predicted octanol–water partition coefficient (Wildman–Crippen LogP) is 2.22. The van der Waals surface area contributed by atoms with Gasteiger partial charge in [-0.1, -0.05) is 18.2 Å². The van der Waals surface area contributed by atoms with Crippen LogP contribution in [-0.4, -0.2) is 29.3 Å². The maximum absolute atomic E-state index is 11.1. The largest absolute Gasteiger partial charge is 0.481 e. The number of fused-ring (bicyclic) bond motifs is 1. The number of aromatic amines is 1. The number of benzene rings is 1. The Kier molecular flexibility index (Phi) is 2.41. The summed E-state index contributed by atoms with van der Waals surface area (Å²) >= 11 is 0. The monoisotopic (exact) mass is 245 g/mol. The molecule has 2 heterocycles. The van der Waals surface area contributed by atoms with Crippen LogP contribution in [0, 0.1) is 6.92 Å². The molecule has 0 atom stereocenters. The standard InChI is InChI=1S/C14H15NO3/c1-9-13(10-4-2-3-5-11(10)15-9)14(6-12(16)17)7-18-8-14/h2-5,15H,6-8H2,1H3,(H,16,17). The van der Waals surface area contributed by atoms with Gasteiger partial charge in [-0.3, -0.25) is 4.79 Å². The van der Waals surface area contributed by atoms with E-state index in [1.807, 2.05) is 31.2 Å². The number of ether oxygens (including phenoxy) is 1. The minimum absolute atomic E-state index is 0.121. The highest BCUT2D eigenvalue weighted by Gasteiger charge is 2.44. The van der Waals surface area contributed by atoms with E-state index in [2.05, 4.69) is 4.98 Å². The minimum atomic E-state index is -0.775. The van der Waals surface area contributed by atoms with Gasteiger partial charge in [0.05, 0.1) is 25.0 Å². The number of nitrogens with one attached hydrogen (secondary N) is 1. The second-order valence-electron chi connectivity index (χ2n) is 5.01. The first-order chi connectivity index (χ1) is 8.62. The van der Waals surface area contributed by atoms with E-state index in [1.165, 1.54) is 0 Å². The van der Waals surface area contributed by atoms with Crippen molar-refractivity contribution >= 4 is 16.9 Å². The summed E-state index contributed by atoms with van der Waals surface area (Å²) < 4.78 is 5.29. The van der Waals surface area contributed by atoms with E-state index in [0.29, 0.717) is 13.2 Å². The number of rotatable bonds is 3. The summed E-state index contributed by atoms with van der Waals surface area (Å²) in [5, 5.41) is 10.2. The van der Waals surface area contributed by atoms with Gasteiger partial charge in [0, 0.05) is 16.6 Å². The Hall–Kier alpha value is -1.81. The Labute approximate surface area is 105 Å². The highest BCUT2D eigenvalue weighted by atomic mass is 16.5. The van der Waals surface area contributed by atoms with Crippen LogP contribution >= 0.6 is 0 Å². The van der Waals surface area contributed by atoms with Gasteiger partial charge in [-0.25, -0.2) is 0 Å². The van der Waals surface area contributed by atoms with Crippen LogP contribution in [0.2, 0.25) is 0 Å². The van der Waals surface area contributed by atoms with Gasteiger partial charge in [0.1, 0.15) is 0 Å². The zero-order valence-corrected chi connectivity index (χ0v) is 10.2. The van der Waals surface area contributed by atoms with Gasteiger partial charge >= 0.3 is 5.97 Å². The predicted molar refractivity (Wildman–Crippen MR) is 67.8 cm³/mol. The van der Waals surface area contributed by atoms with Crippen LogP contribution in [-0.2, 0) is 14.9 Å². The average Bonchev–Trinajstić information content (AvgIpc) is 2.60. The second kappa shape index (κ2) is 3.85. The van der Waals surface area contributed by atoms with Crippen LogP contribution in [0.1, 0.15) is 17.7 Å². The van der Waals surface area contributed by atoms with E-state index in [0.717, 1.165) is 22.2 Å². The lowest BCUT2D eigenvalue weighted by Gasteiger charge is -2.41. The van der Waals surface area contributed by atoms with Gasteiger partial charge in [-0.2, -0.15) is 0 Å². The Morgan fingerprint density at radius 1 is 1.44 bits per heavy atom. The van der Waals surface area contributed by atoms with E-state index >= 15 is 0 Å². The number of hydrogen-bond donors (Lipinski definition) is 2. The summed E-state index contributed by atoms with van der Waals surface area (Å²) in [6, 6.07) is 8.01. The van der Waals surface area contributed by atoms with E-state index in [1.54, 1.807) is 0 Å². The van der Waals surface area contributed by atoms with E-state index in [4.69, 9.17) is 9.84 Å². The van der Waals surface area contributed by atoms with E-state index in [-0.39, 0.29) is 11.8 Å². The van der Waals surface area contributed by atoms with Crippen molar-refractivity contribution < 1.29 is 14.6 Å². The van der Waals surface area contributed by atoms with Crippen LogP contribution in [0.5, 0.6) is 0 Å². The molecule has 4 nitrogen and oxygen atoms in total. The summed E-state index contributed by atoms with van der Waals surface area (Å²) in [6.45, 7) is 2.97. The number of aromatic nitrogens is 1. The molecule has 0 spiro atoms. The summed E-state index contributed by atoms with van der Waals surface area (Å²) in [5.41, 5.74) is 2.84. The summed E-state index contributed by atoms with van der Waals surface area (Å²) in [7, 11) is 0. The van der Waals surface area contributed by atoms with Crippen molar-refractivity contribution in [2.24, 2.45) is 0 Å². The molecular formula is C14H15NO3. The summed E-state index contributed by atoms with van der Waals surface area (Å²) in [6.07, 6.45) is 0.121. The molecule has 1 aliphatic heterocycles. The van der Waals surface area contributed by atoms with Gasteiger partial charge in [0.2, 0.25) is 0 Å². The van der Waals surface area contributed by atoms with Crippen LogP contribution in [0.3, 0.4) is 0 Å². The fraction of sp³-hybridized carbons (Fsp3) is 0.357. The first-order valence-electron chi connectivity index (χ1n) is 6.00. The molecule has 2 aromatic rings. The number of carboxylic acid groups (broad SMARTS) is 1. The maximum Gasteiger partial charge on any atom is 0.304 e. The van der Waals surface area contributed by atoms with Crippen LogP contribution in [0.25, 0.3) is 10.9 Å². The molecule has 4 heteroatoms. The fourth-order valence-corrected chi connectivity index (χ4v) is 2.93.